The first-order valence-electron chi connectivity index (χ1n) is 8.54. The second-order valence-electron chi connectivity index (χ2n) is 5.99. The fourth-order valence-corrected chi connectivity index (χ4v) is 2.87. The van der Waals surface area contributed by atoms with E-state index in [-0.39, 0.29) is 29.1 Å². The van der Waals surface area contributed by atoms with Gasteiger partial charge in [0.2, 0.25) is 0 Å². The van der Waals surface area contributed by atoms with Crippen LogP contribution in [0.5, 0.6) is 5.75 Å². The number of carbonyl (C=O) groups excluding carboxylic acids is 1. The first-order valence-corrected chi connectivity index (χ1v) is 8.54. The molecule has 1 aromatic heterocycles. The molecule has 0 aliphatic rings. The zero-order valence-corrected chi connectivity index (χ0v) is 15.3. The lowest BCUT2D eigenvalue weighted by atomic mass is 10.1. The summed E-state index contributed by atoms with van der Waals surface area (Å²) in [6.45, 7) is 2.17. The Morgan fingerprint density at radius 1 is 1.29 bits per heavy atom. The molecule has 0 fully saturated rings. The van der Waals surface area contributed by atoms with Gasteiger partial charge < -0.3 is 14.6 Å². The van der Waals surface area contributed by atoms with E-state index in [9.17, 15) is 19.7 Å². The van der Waals surface area contributed by atoms with Gasteiger partial charge in [0.25, 0.3) is 11.5 Å². The molecule has 9 heteroatoms. The molecule has 3 aromatic rings. The van der Waals surface area contributed by atoms with Gasteiger partial charge in [-0.2, -0.15) is 0 Å². The van der Waals surface area contributed by atoms with Crippen LogP contribution < -0.4 is 10.3 Å². The number of rotatable bonds is 6. The predicted octanol–water partition coefficient (Wildman–Crippen LogP) is 2.50. The standard InChI is InChI=1S/C19H18N4O5/c1-3-22(11-17-20-14-7-5-4-6-13(14)18(24)21-17)19(25)12-8-9-16(28-2)15(10-12)23(26)27/h4-10H,3,11H2,1-2H3,(H,20,21,24). The summed E-state index contributed by atoms with van der Waals surface area (Å²) >= 11 is 0. The first kappa shape index (κ1) is 19.0. The van der Waals surface area contributed by atoms with Crippen LogP contribution in [-0.4, -0.2) is 39.4 Å². The van der Waals surface area contributed by atoms with E-state index in [1.807, 2.05) is 0 Å². The van der Waals surface area contributed by atoms with E-state index in [2.05, 4.69) is 9.97 Å². The Balaban J connectivity index is 1.92. The summed E-state index contributed by atoms with van der Waals surface area (Å²) in [5.41, 5.74) is 0.105. The van der Waals surface area contributed by atoms with Gasteiger partial charge in [-0.05, 0) is 31.2 Å². The summed E-state index contributed by atoms with van der Waals surface area (Å²) in [6.07, 6.45) is 0. The van der Waals surface area contributed by atoms with E-state index in [4.69, 9.17) is 4.74 Å². The summed E-state index contributed by atoms with van der Waals surface area (Å²) in [7, 11) is 1.32. The number of aromatic amines is 1. The molecule has 1 heterocycles. The molecular weight excluding hydrogens is 364 g/mol. The number of carbonyl (C=O) groups is 1. The third kappa shape index (κ3) is 3.68. The lowest BCUT2D eigenvalue weighted by Crippen LogP contribution is -2.32. The second kappa shape index (κ2) is 7.87. The topological polar surface area (TPSA) is 118 Å². The molecule has 0 spiro atoms. The normalized spacial score (nSPS) is 10.6. The minimum atomic E-state index is -0.603. The van der Waals surface area contributed by atoms with Gasteiger partial charge in [-0.25, -0.2) is 4.98 Å². The molecule has 0 unspecified atom stereocenters. The number of hydrogen-bond donors (Lipinski definition) is 1. The minimum absolute atomic E-state index is 0.0647. The van der Waals surface area contributed by atoms with Gasteiger partial charge in [0.05, 0.1) is 29.5 Å². The number of nitro benzene ring substituents is 1. The Hall–Kier alpha value is -3.75. The van der Waals surface area contributed by atoms with Crippen molar-refractivity contribution in [2.24, 2.45) is 0 Å². The van der Waals surface area contributed by atoms with Crippen molar-refractivity contribution >= 4 is 22.5 Å². The van der Waals surface area contributed by atoms with Crippen molar-refractivity contribution in [1.29, 1.82) is 0 Å². The Labute approximate surface area is 159 Å². The number of nitro groups is 1. The van der Waals surface area contributed by atoms with Crippen LogP contribution in [0.4, 0.5) is 5.69 Å². The van der Waals surface area contributed by atoms with Crippen molar-refractivity contribution in [3.8, 4) is 5.75 Å². The van der Waals surface area contributed by atoms with Crippen LogP contribution >= 0.6 is 0 Å². The first-order chi connectivity index (χ1) is 13.4. The molecule has 2 aromatic carbocycles. The van der Waals surface area contributed by atoms with Crippen molar-refractivity contribution in [3.63, 3.8) is 0 Å². The molecule has 0 aliphatic heterocycles. The van der Waals surface area contributed by atoms with E-state index in [1.165, 1.54) is 30.2 Å². The van der Waals surface area contributed by atoms with Crippen LogP contribution in [0.25, 0.3) is 10.9 Å². The lowest BCUT2D eigenvalue weighted by molar-refractivity contribution is -0.385. The van der Waals surface area contributed by atoms with Crippen LogP contribution in [0.3, 0.4) is 0 Å². The zero-order valence-electron chi connectivity index (χ0n) is 15.3. The molecule has 0 saturated carbocycles. The van der Waals surface area contributed by atoms with E-state index in [0.717, 1.165) is 0 Å². The van der Waals surface area contributed by atoms with Gasteiger partial charge in [-0.3, -0.25) is 19.7 Å². The number of fused-ring (bicyclic) bond motifs is 1. The maximum Gasteiger partial charge on any atom is 0.311 e. The number of methoxy groups -OCH3 is 1. The van der Waals surface area contributed by atoms with Crippen molar-refractivity contribution in [3.05, 3.63) is 74.3 Å². The van der Waals surface area contributed by atoms with Crippen molar-refractivity contribution in [1.82, 2.24) is 14.9 Å². The highest BCUT2D eigenvalue weighted by molar-refractivity contribution is 5.95. The van der Waals surface area contributed by atoms with Gasteiger partial charge >= 0.3 is 5.69 Å². The van der Waals surface area contributed by atoms with Crippen molar-refractivity contribution in [2.75, 3.05) is 13.7 Å². The van der Waals surface area contributed by atoms with Gasteiger partial charge in [0.1, 0.15) is 5.82 Å². The van der Waals surface area contributed by atoms with E-state index in [0.29, 0.717) is 23.3 Å². The number of para-hydroxylation sites is 1. The van der Waals surface area contributed by atoms with Gasteiger partial charge in [-0.1, -0.05) is 12.1 Å². The fraction of sp³-hybridized carbons (Fsp3) is 0.211. The van der Waals surface area contributed by atoms with Crippen molar-refractivity contribution < 1.29 is 14.5 Å². The predicted molar refractivity (Wildman–Crippen MR) is 102 cm³/mol. The summed E-state index contributed by atoms with van der Waals surface area (Å²) in [5.74, 6) is -0.00361. The van der Waals surface area contributed by atoms with Gasteiger partial charge in [-0.15, -0.1) is 0 Å². The third-order valence-electron chi connectivity index (χ3n) is 4.29. The molecule has 1 N–H and O–H groups in total. The monoisotopic (exact) mass is 382 g/mol. The summed E-state index contributed by atoms with van der Waals surface area (Å²) in [4.78, 5) is 44.2. The maximum absolute atomic E-state index is 12.8. The highest BCUT2D eigenvalue weighted by Gasteiger charge is 2.22. The number of H-pyrrole nitrogens is 1. The number of nitrogens with one attached hydrogen (secondary N) is 1. The van der Waals surface area contributed by atoms with Crippen molar-refractivity contribution in [2.45, 2.75) is 13.5 Å². The molecule has 0 saturated heterocycles. The Morgan fingerprint density at radius 3 is 2.71 bits per heavy atom. The van der Waals surface area contributed by atoms with E-state index < -0.39 is 10.8 Å². The molecule has 0 bridgehead atoms. The Kier molecular flexibility index (Phi) is 5.35. The van der Waals surface area contributed by atoms with Gasteiger partial charge in [0, 0.05) is 18.2 Å². The van der Waals surface area contributed by atoms with Crippen LogP contribution in [0.15, 0.2) is 47.3 Å². The number of aromatic nitrogens is 2. The second-order valence-corrected chi connectivity index (χ2v) is 5.99. The number of amides is 1. The minimum Gasteiger partial charge on any atom is -0.490 e. The van der Waals surface area contributed by atoms with Crippen LogP contribution in [0, 0.1) is 10.1 Å². The molecule has 144 valence electrons. The Bertz CT molecular complexity index is 1110. The third-order valence-corrected chi connectivity index (χ3v) is 4.29. The maximum atomic E-state index is 12.8. The molecule has 3 rings (SSSR count). The SMILES string of the molecule is CCN(Cc1nc2ccccc2c(=O)[nH]1)C(=O)c1ccc(OC)c([N+](=O)[O-])c1. The van der Waals surface area contributed by atoms with Crippen LogP contribution in [0.1, 0.15) is 23.1 Å². The number of benzene rings is 2. The number of hydrogen-bond acceptors (Lipinski definition) is 6. The van der Waals surface area contributed by atoms with E-state index >= 15 is 0 Å². The molecule has 0 aliphatic carbocycles. The summed E-state index contributed by atoms with van der Waals surface area (Å²) < 4.78 is 4.96. The fourth-order valence-electron chi connectivity index (χ4n) is 2.87. The van der Waals surface area contributed by atoms with Gasteiger partial charge in [0.15, 0.2) is 5.75 Å². The molecule has 9 nitrogen and oxygen atoms in total. The molecule has 1 amide bonds. The lowest BCUT2D eigenvalue weighted by Gasteiger charge is -2.20. The average molecular weight is 382 g/mol. The summed E-state index contributed by atoms with van der Waals surface area (Å²) in [6, 6.07) is 10.9. The number of ether oxygens (including phenoxy) is 1. The van der Waals surface area contributed by atoms with Crippen LogP contribution in [0.2, 0.25) is 0 Å². The molecule has 0 radical (unpaired) electrons. The average Bonchev–Trinajstić information content (AvgIpc) is 2.71. The summed E-state index contributed by atoms with van der Waals surface area (Å²) in [5, 5.41) is 11.7. The highest BCUT2D eigenvalue weighted by atomic mass is 16.6. The largest absolute Gasteiger partial charge is 0.490 e. The Morgan fingerprint density at radius 2 is 2.04 bits per heavy atom. The van der Waals surface area contributed by atoms with E-state index in [1.54, 1.807) is 31.2 Å². The zero-order chi connectivity index (χ0) is 20.3. The molecular formula is C19H18N4O5. The van der Waals surface area contributed by atoms with Crippen LogP contribution in [-0.2, 0) is 6.54 Å². The highest BCUT2D eigenvalue weighted by Crippen LogP contribution is 2.28. The smallest absolute Gasteiger partial charge is 0.311 e. The number of nitrogens with zero attached hydrogens (tertiary/aromatic N) is 3. The molecule has 28 heavy (non-hydrogen) atoms. The molecule has 0 atom stereocenters. The quantitative estimate of drug-likeness (QED) is 0.517.